The number of thiophene rings is 1. The lowest BCUT2D eigenvalue weighted by atomic mass is 10.0. The van der Waals surface area contributed by atoms with Crippen LogP contribution in [-0.4, -0.2) is 30.0 Å². The van der Waals surface area contributed by atoms with E-state index in [0.29, 0.717) is 23.3 Å². The molecule has 8 nitrogen and oxygen atoms in total. The van der Waals surface area contributed by atoms with Crippen molar-refractivity contribution in [2.75, 3.05) is 18.5 Å². The van der Waals surface area contributed by atoms with Crippen molar-refractivity contribution in [2.24, 2.45) is 0 Å². The van der Waals surface area contributed by atoms with Gasteiger partial charge < -0.3 is 14.8 Å². The van der Waals surface area contributed by atoms with Crippen LogP contribution in [0.1, 0.15) is 22.8 Å². The summed E-state index contributed by atoms with van der Waals surface area (Å²) in [6, 6.07) is 13.3. The van der Waals surface area contributed by atoms with Crippen molar-refractivity contribution in [3.63, 3.8) is 0 Å². The molecule has 0 fully saturated rings. The van der Waals surface area contributed by atoms with Crippen LogP contribution in [0.4, 0.5) is 10.7 Å². The Hall–Kier alpha value is -3.98. The summed E-state index contributed by atoms with van der Waals surface area (Å²) in [5.74, 6) is -0.518. The second kappa shape index (κ2) is 11.1. The van der Waals surface area contributed by atoms with Crippen LogP contribution < -0.4 is 10.1 Å². The van der Waals surface area contributed by atoms with E-state index in [-0.39, 0.29) is 29.5 Å². The van der Waals surface area contributed by atoms with E-state index in [4.69, 9.17) is 9.47 Å². The molecule has 3 aromatic rings. The summed E-state index contributed by atoms with van der Waals surface area (Å²) in [4.78, 5) is 35.9. The molecule has 3 rings (SSSR count). The minimum absolute atomic E-state index is 0.106. The van der Waals surface area contributed by atoms with Crippen molar-refractivity contribution < 1.29 is 24.0 Å². The molecule has 2 aromatic carbocycles. The second-order valence-corrected chi connectivity index (χ2v) is 7.70. The summed E-state index contributed by atoms with van der Waals surface area (Å²) in [5, 5.41) is 15.8. The van der Waals surface area contributed by atoms with Gasteiger partial charge in [-0.15, -0.1) is 17.9 Å². The van der Waals surface area contributed by atoms with Crippen LogP contribution in [0.3, 0.4) is 0 Å². The highest BCUT2D eigenvalue weighted by atomic mass is 32.1. The van der Waals surface area contributed by atoms with Crippen LogP contribution in [0, 0.1) is 10.1 Å². The molecule has 9 heteroatoms. The van der Waals surface area contributed by atoms with Gasteiger partial charge >= 0.3 is 5.97 Å². The van der Waals surface area contributed by atoms with Crippen molar-refractivity contribution >= 4 is 33.9 Å². The highest BCUT2D eigenvalue weighted by molar-refractivity contribution is 7.15. The number of nitro groups is 1. The number of hydrogen-bond acceptors (Lipinski definition) is 7. The van der Waals surface area contributed by atoms with Crippen LogP contribution in [0.5, 0.6) is 5.75 Å². The number of benzene rings is 2. The van der Waals surface area contributed by atoms with E-state index < -0.39 is 16.8 Å². The number of anilines is 1. The molecule has 33 heavy (non-hydrogen) atoms. The summed E-state index contributed by atoms with van der Waals surface area (Å²) in [6.45, 7) is 5.26. The molecule has 0 atom stereocenters. The van der Waals surface area contributed by atoms with Gasteiger partial charge in [-0.25, -0.2) is 4.79 Å². The Labute approximate surface area is 194 Å². The Balaban J connectivity index is 1.84. The van der Waals surface area contributed by atoms with Crippen LogP contribution >= 0.6 is 11.3 Å². The summed E-state index contributed by atoms with van der Waals surface area (Å²) >= 11 is 1.13. The van der Waals surface area contributed by atoms with Crippen LogP contribution in [-0.2, 0) is 16.0 Å². The molecule has 1 heterocycles. The van der Waals surface area contributed by atoms with Gasteiger partial charge in [-0.1, -0.05) is 36.4 Å². The fourth-order valence-corrected chi connectivity index (χ4v) is 4.10. The van der Waals surface area contributed by atoms with Gasteiger partial charge in [0.2, 0.25) is 0 Å². The highest BCUT2D eigenvalue weighted by Crippen LogP contribution is 2.37. The average molecular weight is 467 g/mol. The average Bonchev–Trinajstić information content (AvgIpc) is 3.22. The Morgan fingerprint density at radius 3 is 2.73 bits per heavy atom. The fraction of sp³-hybridized carbons (Fsp3) is 0.167. The topological polar surface area (TPSA) is 108 Å². The number of hydrogen-bond donors (Lipinski definition) is 1. The van der Waals surface area contributed by atoms with Gasteiger partial charge in [0.25, 0.3) is 11.6 Å². The van der Waals surface area contributed by atoms with Crippen molar-refractivity contribution in [3.05, 3.63) is 87.8 Å². The van der Waals surface area contributed by atoms with E-state index in [0.717, 1.165) is 16.9 Å². The van der Waals surface area contributed by atoms with E-state index >= 15 is 0 Å². The van der Waals surface area contributed by atoms with E-state index in [2.05, 4.69) is 11.9 Å². The summed E-state index contributed by atoms with van der Waals surface area (Å²) < 4.78 is 10.8. The zero-order valence-electron chi connectivity index (χ0n) is 17.9. The highest BCUT2D eigenvalue weighted by Gasteiger charge is 2.24. The maximum atomic E-state index is 12.7. The second-order valence-electron chi connectivity index (χ2n) is 6.82. The number of esters is 1. The molecule has 1 amide bonds. The molecule has 0 aliphatic carbocycles. The quantitative estimate of drug-likeness (QED) is 0.189. The van der Waals surface area contributed by atoms with Crippen LogP contribution in [0.25, 0.3) is 11.1 Å². The van der Waals surface area contributed by atoms with Crippen molar-refractivity contribution in [3.8, 4) is 16.9 Å². The minimum atomic E-state index is -0.632. The number of nitro benzene ring substituents is 1. The number of nitrogens with zero attached hydrogens (tertiary/aromatic N) is 1. The SMILES string of the molecule is C=CCc1ccccc1OCC(=O)Nc1scc(-c2cccc([N+](=O)[O-])c2)c1C(=O)OCC. The lowest BCUT2D eigenvalue weighted by Crippen LogP contribution is -2.21. The van der Waals surface area contributed by atoms with Gasteiger partial charge in [-0.2, -0.15) is 0 Å². The van der Waals surface area contributed by atoms with Gasteiger partial charge in [0.1, 0.15) is 16.3 Å². The first-order valence-corrected chi connectivity index (χ1v) is 11.0. The largest absolute Gasteiger partial charge is 0.483 e. The van der Waals surface area contributed by atoms with Gasteiger partial charge in [0.15, 0.2) is 6.61 Å². The molecule has 0 unspecified atom stereocenters. The van der Waals surface area contributed by atoms with Gasteiger partial charge in [0, 0.05) is 23.1 Å². The molecule has 0 bridgehead atoms. The van der Waals surface area contributed by atoms with E-state index in [1.165, 1.54) is 18.2 Å². The third kappa shape index (κ3) is 5.83. The Morgan fingerprint density at radius 2 is 2.00 bits per heavy atom. The molecule has 0 saturated carbocycles. The Morgan fingerprint density at radius 1 is 1.21 bits per heavy atom. The predicted octanol–water partition coefficient (Wildman–Crippen LogP) is 5.25. The van der Waals surface area contributed by atoms with Gasteiger partial charge in [-0.3, -0.25) is 14.9 Å². The maximum Gasteiger partial charge on any atom is 0.341 e. The first-order valence-electron chi connectivity index (χ1n) is 10.1. The minimum Gasteiger partial charge on any atom is -0.483 e. The third-order valence-corrected chi connectivity index (χ3v) is 5.48. The van der Waals surface area contributed by atoms with E-state index in [9.17, 15) is 19.7 Å². The zero-order chi connectivity index (χ0) is 23.8. The van der Waals surface area contributed by atoms with Crippen molar-refractivity contribution in [2.45, 2.75) is 13.3 Å². The predicted molar refractivity (Wildman–Crippen MR) is 127 cm³/mol. The molecule has 0 saturated heterocycles. The monoisotopic (exact) mass is 466 g/mol. The number of carbonyl (C=O) groups is 2. The summed E-state index contributed by atoms with van der Waals surface area (Å²) in [6.07, 6.45) is 2.34. The summed E-state index contributed by atoms with van der Waals surface area (Å²) in [7, 11) is 0. The number of rotatable bonds is 10. The number of nitrogens with one attached hydrogen (secondary N) is 1. The van der Waals surface area contributed by atoms with E-state index in [1.807, 2.05) is 18.2 Å². The maximum absolute atomic E-state index is 12.7. The number of allylic oxidation sites excluding steroid dienone is 1. The molecule has 0 aliphatic heterocycles. The molecule has 170 valence electrons. The van der Waals surface area contributed by atoms with Crippen molar-refractivity contribution in [1.29, 1.82) is 0 Å². The lowest BCUT2D eigenvalue weighted by molar-refractivity contribution is -0.384. The summed E-state index contributed by atoms with van der Waals surface area (Å²) in [5.41, 5.74) is 1.85. The number of amides is 1. The molecular formula is C24H22N2O6S. The number of para-hydroxylation sites is 1. The molecule has 0 aliphatic rings. The molecule has 1 N–H and O–H groups in total. The van der Waals surface area contributed by atoms with E-state index in [1.54, 1.807) is 30.5 Å². The number of ether oxygens (including phenoxy) is 2. The Bertz CT molecular complexity index is 1190. The lowest BCUT2D eigenvalue weighted by Gasteiger charge is -2.11. The first kappa shape index (κ1) is 23.7. The van der Waals surface area contributed by atoms with Crippen LogP contribution in [0.2, 0.25) is 0 Å². The molecule has 0 spiro atoms. The number of carbonyl (C=O) groups excluding carboxylic acids is 2. The standard InChI is InChI=1S/C24H22N2O6S/c1-3-8-16-9-5-6-12-20(16)32-14-21(27)25-23-22(24(28)31-4-2)19(15-33-23)17-10-7-11-18(13-17)26(29)30/h3,5-7,9-13,15H,1,4,8,14H2,2H3,(H,25,27). The molecule has 0 radical (unpaired) electrons. The van der Waals surface area contributed by atoms with Gasteiger partial charge in [-0.05, 0) is 30.5 Å². The Kier molecular flexibility index (Phi) is 7.93. The number of non-ortho nitro benzene ring substituents is 1. The van der Waals surface area contributed by atoms with Crippen LogP contribution in [0.15, 0.2) is 66.6 Å². The molecule has 1 aromatic heterocycles. The van der Waals surface area contributed by atoms with Crippen molar-refractivity contribution in [1.82, 2.24) is 0 Å². The zero-order valence-corrected chi connectivity index (χ0v) is 18.7. The normalized spacial score (nSPS) is 10.3. The third-order valence-electron chi connectivity index (χ3n) is 4.59. The smallest absolute Gasteiger partial charge is 0.341 e. The fourth-order valence-electron chi connectivity index (χ4n) is 3.13. The molecular weight excluding hydrogens is 444 g/mol. The first-order chi connectivity index (χ1) is 15.9. The van der Waals surface area contributed by atoms with Gasteiger partial charge in [0.05, 0.1) is 11.5 Å².